The van der Waals surface area contributed by atoms with E-state index in [-0.39, 0.29) is 12.2 Å². The van der Waals surface area contributed by atoms with Crippen molar-refractivity contribution < 1.29 is 14.7 Å². The summed E-state index contributed by atoms with van der Waals surface area (Å²) >= 11 is 0. The Morgan fingerprint density at radius 1 is 1.47 bits per heavy atom. The van der Waals surface area contributed by atoms with Crippen molar-refractivity contribution in [2.75, 3.05) is 19.6 Å². The van der Waals surface area contributed by atoms with Crippen molar-refractivity contribution in [3.05, 3.63) is 22.4 Å². The number of nitrogens with one attached hydrogen (secondary N) is 3. The van der Waals surface area contributed by atoms with Gasteiger partial charge in [-0.05, 0) is 0 Å². The second-order valence-electron chi connectivity index (χ2n) is 3.71. The number of amides is 1. The molecule has 1 aliphatic rings. The number of rotatable bonds is 2. The van der Waals surface area contributed by atoms with Crippen molar-refractivity contribution in [2.45, 2.75) is 6.04 Å². The van der Waals surface area contributed by atoms with Gasteiger partial charge < -0.3 is 25.3 Å². The van der Waals surface area contributed by atoms with Gasteiger partial charge in [0, 0.05) is 25.8 Å². The summed E-state index contributed by atoms with van der Waals surface area (Å²) in [7, 11) is 0. The Morgan fingerprint density at radius 3 is 2.82 bits per heavy atom. The highest BCUT2D eigenvalue weighted by molar-refractivity contribution is 5.95. The van der Waals surface area contributed by atoms with Crippen LogP contribution >= 0.6 is 0 Å². The minimum atomic E-state index is -1.07. The van der Waals surface area contributed by atoms with Gasteiger partial charge in [-0.1, -0.05) is 0 Å². The number of hydrogen-bond donors (Lipinski definition) is 4. The van der Waals surface area contributed by atoms with E-state index in [1.54, 1.807) is 0 Å². The topological polar surface area (TPSA) is 118 Å². The molecule has 0 bridgehead atoms. The average molecular weight is 240 g/mol. The van der Waals surface area contributed by atoms with Crippen LogP contribution in [0.2, 0.25) is 0 Å². The van der Waals surface area contributed by atoms with Crippen LogP contribution in [0.15, 0.2) is 11.0 Å². The van der Waals surface area contributed by atoms with Crippen molar-refractivity contribution in [3.63, 3.8) is 0 Å². The number of carbonyl (C=O) groups excluding carboxylic acids is 1. The Morgan fingerprint density at radius 2 is 2.24 bits per heavy atom. The molecule has 1 aliphatic heterocycles. The molecule has 1 saturated heterocycles. The Balaban J connectivity index is 2.22. The number of carboxylic acids is 1. The number of aromatic amines is 2. The standard InChI is InChI=1S/C9H12N4O4/c14-7(5-3-11-9(17)12-5)13-2-1-10-4-6(13)8(15)16/h3,6,10H,1-2,4H2,(H,15,16)(H2,11,12,17). The molecule has 0 radical (unpaired) electrons. The van der Waals surface area contributed by atoms with Gasteiger partial charge in [0.2, 0.25) is 0 Å². The van der Waals surface area contributed by atoms with Crippen molar-refractivity contribution in [1.82, 2.24) is 20.2 Å². The zero-order valence-electron chi connectivity index (χ0n) is 8.90. The maximum Gasteiger partial charge on any atom is 0.327 e. The van der Waals surface area contributed by atoms with E-state index >= 15 is 0 Å². The second kappa shape index (κ2) is 4.42. The molecule has 1 aromatic heterocycles. The van der Waals surface area contributed by atoms with Crippen molar-refractivity contribution in [3.8, 4) is 0 Å². The monoisotopic (exact) mass is 240 g/mol. The van der Waals surface area contributed by atoms with Crippen molar-refractivity contribution in [2.24, 2.45) is 0 Å². The highest BCUT2D eigenvalue weighted by Crippen LogP contribution is 2.08. The maximum atomic E-state index is 12.0. The van der Waals surface area contributed by atoms with Crippen molar-refractivity contribution in [1.29, 1.82) is 0 Å². The number of aliphatic carboxylic acids is 1. The van der Waals surface area contributed by atoms with E-state index in [9.17, 15) is 14.4 Å². The molecule has 2 heterocycles. The normalized spacial score (nSPS) is 20.2. The summed E-state index contributed by atoms with van der Waals surface area (Å²) in [6.07, 6.45) is 1.24. The number of H-pyrrole nitrogens is 2. The van der Waals surface area contributed by atoms with Gasteiger partial charge in [0.1, 0.15) is 11.7 Å². The molecular formula is C9H12N4O4. The second-order valence-corrected chi connectivity index (χ2v) is 3.71. The first kappa shape index (κ1) is 11.4. The number of carbonyl (C=O) groups is 2. The van der Waals surface area contributed by atoms with E-state index in [1.807, 2.05) is 0 Å². The third kappa shape index (κ3) is 2.21. The lowest BCUT2D eigenvalue weighted by atomic mass is 10.2. The van der Waals surface area contributed by atoms with Crippen LogP contribution in [0.5, 0.6) is 0 Å². The molecule has 0 saturated carbocycles. The van der Waals surface area contributed by atoms with E-state index in [2.05, 4.69) is 15.3 Å². The third-order valence-corrected chi connectivity index (χ3v) is 2.62. The molecular weight excluding hydrogens is 228 g/mol. The van der Waals surface area contributed by atoms with Crippen LogP contribution in [0.1, 0.15) is 10.5 Å². The molecule has 1 amide bonds. The van der Waals surface area contributed by atoms with Crippen LogP contribution in [0.25, 0.3) is 0 Å². The Bertz CT molecular complexity index is 491. The minimum Gasteiger partial charge on any atom is -0.480 e. The lowest BCUT2D eigenvalue weighted by Gasteiger charge is -2.32. The average Bonchev–Trinajstić information content (AvgIpc) is 2.75. The number of carboxylic acid groups (broad SMARTS) is 1. The molecule has 0 spiro atoms. The molecule has 92 valence electrons. The van der Waals surface area contributed by atoms with E-state index in [4.69, 9.17) is 5.11 Å². The smallest absolute Gasteiger partial charge is 0.327 e. The number of imidazole rings is 1. The van der Waals surface area contributed by atoms with Gasteiger partial charge in [-0.2, -0.15) is 0 Å². The SMILES string of the molecule is O=C(O)C1CNCCN1C(=O)c1c[nH]c(=O)[nH]1. The first-order chi connectivity index (χ1) is 8.09. The van der Waals surface area contributed by atoms with Crippen LogP contribution in [-0.2, 0) is 4.79 Å². The number of hydrogen-bond acceptors (Lipinski definition) is 4. The lowest BCUT2D eigenvalue weighted by molar-refractivity contribution is -0.142. The molecule has 1 fully saturated rings. The van der Waals surface area contributed by atoms with E-state index in [0.29, 0.717) is 13.1 Å². The van der Waals surface area contributed by atoms with E-state index < -0.39 is 23.6 Å². The minimum absolute atomic E-state index is 0.0724. The summed E-state index contributed by atoms with van der Waals surface area (Å²) in [6.45, 7) is 1.03. The highest BCUT2D eigenvalue weighted by Gasteiger charge is 2.32. The molecule has 8 nitrogen and oxygen atoms in total. The summed E-state index contributed by atoms with van der Waals surface area (Å²) in [5.74, 6) is -1.55. The molecule has 0 aliphatic carbocycles. The largest absolute Gasteiger partial charge is 0.480 e. The fourth-order valence-electron chi connectivity index (χ4n) is 1.77. The molecule has 4 N–H and O–H groups in total. The molecule has 1 unspecified atom stereocenters. The van der Waals surface area contributed by atoms with Gasteiger partial charge in [-0.25, -0.2) is 9.59 Å². The quantitative estimate of drug-likeness (QED) is 0.486. The highest BCUT2D eigenvalue weighted by atomic mass is 16.4. The first-order valence-electron chi connectivity index (χ1n) is 5.12. The summed E-state index contributed by atoms with van der Waals surface area (Å²) in [4.78, 5) is 39.7. The summed E-state index contributed by atoms with van der Waals surface area (Å²) in [6, 6.07) is -0.908. The van der Waals surface area contributed by atoms with Gasteiger partial charge in [-0.3, -0.25) is 4.79 Å². The summed E-state index contributed by atoms with van der Waals surface area (Å²) in [5.41, 5.74) is -0.418. The summed E-state index contributed by atoms with van der Waals surface area (Å²) < 4.78 is 0. The van der Waals surface area contributed by atoms with Crippen molar-refractivity contribution >= 4 is 11.9 Å². The van der Waals surface area contributed by atoms with Crippen LogP contribution in [0.3, 0.4) is 0 Å². The third-order valence-electron chi connectivity index (χ3n) is 2.62. The van der Waals surface area contributed by atoms with Crippen LogP contribution in [0.4, 0.5) is 0 Å². The van der Waals surface area contributed by atoms with Gasteiger partial charge in [-0.15, -0.1) is 0 Å². The van der Waals surface area contributed by atoms with Crippen LogP contribution < -0.4 is 11.0 Å². The van der Waals surface area contributed by atoms with Gasteiger partial charge in [0.05, 0.1) is 0 Å². The molecule has 2 rings (SSSR count). The maximum absolute atomic E-state index is 12.0. The molecule has 1 atom stereocenters. The van der Waals surface area contributed by atoms with Crippen LogP contribution in [0, 0.1) is 0 Å². The van der Waals surface area contributed by atoms with Gasteiger partial charge >= 0.3 is 11.7 Å². The molecule has 17 heavy (non-hydrogen) atoms. The Labute approximate surface area is 95.6 Å². The van der Waals surface area contributed by atoms with E-state index in [1.165, 1.54) is 11.1 Å². The lowest BCUT2D eigenvalue weighted by Crippen LogP contribution is -2.57. The molecule has 1 aromatic rings. The molecule has 8 heteroatoms. The first-order valence-corrected chi connectivity index (χ1v) is 5.12. The number of nitrogens with zero attached hydrogens (tertiary/aromatic N) is 1. The number of piperazine rings is 1. The van der Waals surface area contributed by atoms with E-state index in [0.717, 1.165) is 0 Å². The summed E-state index contributed by atoms with van der Waals surface area (Å²) in [5, 5.41) is 11.9. The van der Waals surface area contributed by atoms with Gasteiger partial charge in [0.15, 0.2) is 0 Å². The fraction of sp³-hybridized carbons (Fsp3) is 0.444. The fourth-order valence-corrected chi connectivity index (χ4v) is 1.77. The number of aromatic nitrogens is 2. The van der Waals surface area contributed by atoms with Crippen LogP contribution in [-0.4, -0.2) is 57.5 Å². The molecule has 0 aromatic carbocycles. The van der Waals surface area contributed by atoms with Gasteiger partial charge in [0.25, 0.3) is 5.91 Å². The Hall–Kier alpha value is -2.09. The predicted octanol–water partition coefficient (Wildman–Crippen LogP) is -1.80. The predicted molar refractivity (Wildman–Crippen MR) is 56.7 cm³/mol. The zero-order valence-corrected chi connectivity index (χ0v) is 8.90. The zero-order chi connectivity index (χ0) is 12.4. The Kier molecular flexibility index (Phi) is 2.96.